The molecule has 37 unspecified atom stereocenters. The first-order valence-electron chi connectivity index (χ1n) is 34.0. The van der Waals surface area contributed by atoms with Crippen LogP contribution in [0.4, 0.5) is 0 Å². The van der Waals surface area contributed by atoms with Crippen molar-refractivity contribution in [3.05, 3.63) is 11.6 Å². The van der Waals surface area contributed by atoms with Crippen LogP contribution in [0.1, 0.15) is 127 Å². The maximum absolute atomic E-state index is 15.3. The molecule has 10 fully saturated rings. The highest BCUT2D eigenvalue weighted by Gasteiger charge is 2.71. The first kappa shape index (κ1) is 74.3. The fourth-order valence-electron chi connectivity index (χ4n) is 19.0. The molecule has 0 radical (unpaired) electrons. The van der Waals surface area contributed by atoms with Crippen LogP contribution < -0.4 is 0 Å². The van der Waals surface area contributed by atoms with E-state index in [0.29, 0.717) is 44.9 Å². The molecule has 30 nitrogen and oxygen atoms in total. The molecule has 11 aliphatic rings. The molecule has 11 rings (SSSR count). The van der Waals surface area contributed by atoms with Crippen molar-refractivity contribution in [1.82, 2.24) is 0 Å². The molecule has 0 aromatic rings. The normalized spacial score (nSPS) is 54.6. The quantitative estimate of drug-likeness (QED) is 0.0426. The lowest BCUT2D eigenvalue weighted by atomic mass is 9.33. The number of carbonyl (C=O) groups is 1. The number of rotatable bonds is 15. The van der Waals surface area contributed by atoms with Gasteiger partial charge in [0, 0.05) is 0 Å². The molecule has 95 heavy (non-hydrogen) atoms. The molecule has 0 aromatic carbocycles. The van der Waals surface area contributed by atoms with Gasteiger partial charge >= 0.3 is 5.97 Å². The molecule has 37 atom stereocenters. The van der Waals surface area contributed by atoms with E-state index >= 15 is 4.79 Å². The highest BCUT2D eigenvalue weighted by molar-refractivity contribution is 5.79. The minimum Gasteiger partial charge on any atom is -0.432 e. The Bertz CT molecular complexity index is 2670. The van der Waals surface area contributed by atoms with Crippen molar-refractivity contribution in [3.63, 3.8) is 0 Å². The summed E-state index contributed by atoms with van der Waals surface area (Å²) in [5.41, 5.74) is -1.57. The minimum absolute atomic E-state index is 0.0752. The molecule has 0 spiro atoms. The number of esters is 1. The molecule has 546 valence electrons. The van der Waals surface area contributed by atoms with E-state index in [1.807, 2.05) is 0 Å². The van der Waals surface area contributed by atoms with Gasteiger partial charge in [0.05, 0.1) is 50.2 Å². The zero-order chi connectivity index (χ0) is 69.3. The number of hydrogen-bond acceptors (Lipinski definition) is 30. The minimum atomic E-state index is -1.91. The van der Waals surface area contributed by atoms with Gasteiger partial charge in [-0.05, 0) is 123 Å². The molecule has 6 aliphatic heterocycles. The van der Waals surface area contributed by atoms with Crippen molar-refractivity contribution >= 4 is 5.97 Å². The number of fused-ring (bicyclic) bond motifs is 7. The van der Waals surface area contributed by atoms with Crippen LogP contribution in [0.5, 0.6) is 0 Å². The van der Waals surface area contributed by atoms with Crippen molar-refractivity contribution in [1.29, 1.82) is 0 Å². The van der Waals surface area contributed by atoms with Crippen LogP contribution in [-0.2, 0) is 61.6 Å². The molecule has 0 amide bonds. The second-order valence-corrected chi connectivity index (χ2v) is 31.4. The molecule has 6 saturated heterocycles. The lowest BCUT2D eigenvalue weighted by molar-refractivity contribution is -0.392. The van der Waals surface area contributed by atoms with E-state index in [2.05, 4.69) is 54.5 Å². The Balaban J connectivity index is 0.774. The third kappa shape index (κ3) is 12.9. The van der Waals surface area contributed by atoms with Gasteiger partial charge in [0.2, 0.25) is 6.29 Å². The number of carbonyl (C=O) groups excluding carboxylic acids is 1. The summed E-state index contributed by atoms with van der Waals surface area (Å²) in [6.45, 7) is 16.1. The monoisotopic (exact) mass is 1370 g/mol. The maximum atomic E-state index is 15.3. The summed E-state index contributed by atoms with van der Waals surface area (Å²) >= 11 is 0. The highest BCUT2D eigenvalue weighted by atomic mass is 16.8. The number of aliphatic hydroxyl groups is 17. The third-order valence-corrected chi connectivity index (χ3v) is 25.2. The summed E-state index contributed by atoms with van der Waals surface area (Å²) in [6.07, 6.45) is -38.9. The van der Waals surface area contributed by atoms with Crippen LogP contribution in [0.15, 0.2) is 11.6 Å². The van der Waals surface area contributed by atoms with Crippen molar-refractivity contribution in [3.8, 4) is 0 Å². The predicted molar refractivity (Wildman–Crippen MR) is 319 cm³/mol. The number of ether oxygens (including phenoxy) is 12. The van der Waals surface area contributed by atoms with E-state index in [1.54, 1.807) is 0 Å². The van der Waals surface area contributed by atoms with E-state index < -0.39 is 226 Å². The Morgan fingerprint density at radius 2 is 1.02 bits per heavy atom. The zero-order valence-corrected chi connectivity index (χ0v) is 55.4. The number of hydrogen-bond donors (Lipinski definition) is 17. The van der Waals surface area contributed by atoms with E-state index in [9.17, 15) is 86.8 Å². The molecule has 6 heterocycles. The Morgan fingerprint density at radius 3 is 1.65 bits per heavy atom. The Labute approximate surface area is 551 Å². The number of aliphatic hydroxyl groups excluding tert-OH is 17. The van der Waals surface area contributed by atoms with E-state index in [1.165, 1.54) is 19.4 Å². The SMILES string of the molecule is CC1OC(OC2C(CO)OC(OCC3OC(OC(=O)C45CCC(C)(C)CC4C4=CCC6C7(C)CCC(OC8OCC(O)C(O)C8OC8OC(CO)C(O)C(O)C8OC8OC(C)C(O)C(O)C8O)C(C)(C)C7CCC6(C)C4(C)CC5)C(O)C(O)C3O)C(O)C2O)C(O)C(O)C1O. The maximum Gasteiger partial charge on any atom is 0.315 e. The fraction of sp³-hybridized carbons (Fsp3) is 0.954. The zero-order valence-electron chi connectivity index (χ0n) is 55.4. The fourth-order valence-corrected chi connectivity index (χ4v) is 19.0. The van der Waals surface area contributed by atoms with Gasteiger partial charge in [-0.2, -0.15) is 0 Å². The molecule has 5 aliphatic carbocycles. The van der Waals surface area contributed by atoms with Gasteiger partial charge in [0.1, 0.15) is 128 Å². The van der Waals surface area contributed by atoms with E-state index in [0.717, 1.165) is 19.3 Å². The van der Waals surface area contributed by atoms with Crippen molar-refractivity contribution in [2.75, 3.05) is 26.4 Å². The summed E-state index contributed by atoms with van der Waals surface area (Å²) in [4.78, 5) is 15.3. The summed E-state index contributed by atoms with van der Waals surface area (Å²) in [7, 11) is 0. The van der Waals surface area contributed by atoms with Crippen LogP contribution in [0.3, 0.4) is 0 Å². The van der Waals surface area contributed by atoms with Crippen molar-refractivity contribution in [2.24, 2.45) is 50.2 Å². The Kier molecular flexibility index (Phi) is 21.7. The number of allylic oxidation sites excluding steroid dienone is 2. The lowest BCUT2D eigenvalue weighted by Gasteiger charge is -2.71. The van der Waals surface area contributed by atoms with Gasteiger partial charge in [-0.3, -0.25) is 4.79 Å². The largest absolute Gasteiger partial charge is 0.432 e. The summed E-state index contributed by atoms with van der Waals surface area (Å²) < 4.78 is 72.0. The van der Waals surface area contributed by atoms with Crippen LogP contribution in [0, 0.1) is 50.2 Å². The molecule has 4 saturated carbocycles. The van der Waals surface area contributed by atoms with Crippen molar-refractivity contribution < 1.29 is 148 Å². The van der Waals surface area contributed by atoms with Gasteiger partial charge in [0.15, 0.2) is 31.5 Å². The molecule has 0 aromatic heterocycles. The van der Waals surface area contributed by atoms with Crippen LogP contribution >= 0.6 is 0 Å². The smallest absolute Gasteiger partial charge is 0.315 e. The molecule has 17 N–H and O–H groups in total. The topological polar surface area (TPSA) is 472 Å². The van der Waals surface area contributed by atoms with Gasteiger partial charge in [-0.15, -0.1) is 0 Å². The average molecular weight is 1370 g/mol. The molecule has 0 bridgehead atoms. The van der Waals surface area contributed by atoms with Crippen LogP contribution in [0.2, 0.25) is 0 Å². The van der Waals surface area contributed by atoms with Crippen LogP contribution in [0.25, 0.3) is 0 Å². The predicted octanol–water partition coefficient (Wildman–Crippen LogP) is -3.69. The van der Waals surface area contributed by atoms with Gasteiger partial charge in [0.25, 0.3) is 0 Å². The lowest BCUT2D eigenvalue weighted by Crippen LogP contribution is -2.67. The summed E-state index contributed by atoms with van der Waals surface area (Å²) in [5, 5.41) is 185. The van der Waals surface area contributed by atoms with E-state index in [4.69, 9.17) is 56.8 Å². The van der Waals surface area contributed by atoms with E-state index in [-0.39, 0.29) is 40.6 Å². The highest BCUT2D eigenvalue weighted by Crippen LogP contribution is 2.76. The first-order chi connectivity index (χ1) is 44.5. The standard InChI is InChI=1S/C65H106O30/c1-25-36(69)41(74)46(79)54(86-25)92-50-31(22-67)89-53(49(82)45(50)78)85-24-32-40(73)43(76)48(81)56(90-32)95-59(83)65-18-16-60(3,4)20-28(65)27-10-11-34-62(7)14-13-35(61(5,6)33(62)12-15-64(34,9)63(27,8)17-19-65)91-57-51(38(71)29(68)23-84-57)94-58-52(44(77)39(72)30(21-66)88-58)93-55-47(80)42(75)37(70)26(2)87-55/h10,25-26,28-58,66-82H,11-24H2,1-9H3. The first-order valence-corrected chi connectivity index (χ1v) is 34.0. The van der Waals surface area contributed by atoms with Gasteiger partial charge in [-0.25, -0.2) is 0 Å². The van der Waals surface area contributed by atoms with Gasteiger partial charge < -0.3 is 144 Å². The second-order valence-electron chi connectivity index (χ2n) is 31.4. The molecular formula is C65H106O30. The van der Waals surface area contributed by atoms with Crippen LogP contribution in [-0.4, -0.2) is 303 Å². The Hall–Kier alpha value is -1.91. The second kappa shape index (κ2) is 27.7. The molecule has 30 heteroatoms. The average Bonchev–Trinajstić information content (AvgIpc) is 0.676. The summed E-state index contributed by atoms with van der Waals surface area (Å²) in [6, 6.07) is 0. The molecular weight excluding hydrogens is 1260 g/mol. The third-order valence-electron chi connectivity index (χ3n) is 25.2. The van der Waals surface area contributed by atoms with Crippen molar-refractivity contribution in [2.45, 2.75) is 311 Å². The summed E-state index contributed by atoms with van der Waals surface area (Å²) in [5.74, 6) is -0.692. The Morgan fingerprint density at radius 1 is 0.495 bits per heavy atom. The van der Waals surface area contributed by atoms with Gasteiger partial charge in [-0.1, -0.05) is 60.1 Å².